The molecule has 3 atom stereocenters. The first-order valence-corrected chi connectivity index (χ1v) is 11.4. The van der Waals surface area contributed by atoms with Gasteiger partial charge in [-0.3, -0.25) is 9.36 Å². The average molecular weight is 546 g/mol. The summed E-state index contributed by atoms with van der Waals surface area (Å²) in [6.45, 7) is -0.522. The molecule has 1 aliphatic heterocycles. The number of aliphatic hydroxyl groups excluding tert-OH is 1. The minimum Gasteiger partial charge on any atom is -0.479 e. The van der Waals surface area contributed by atoms with Crippen molar-refractivity contribution < 1.29 is 43.6 Å². The molecule has 1 saturated heterocycles. The number of carbonyl (C=O) groups excluding carboxylic acids is 1. The molecular weight excluding hydrogens is 525 g/mol. The smallest absolute Gasteiger partial charge is 0.348 e. The number of carboxylic acid groups (broad SMARTS) is 2. The molecule has 0 spiro atoms. The Balaban J connectivity index is 0.00000176. The molecule has 4 heterocycles. The number of halogens is 2. The zero-order valence-electron chi connectivity index (χ0n) is 18.6. The molecule has 36 heavy (non-hydrogen) atoms. The lowest BCUT2D eigenvalue weighted by atomic mass is 9.98. The first-order chi connectivity index (χ1) is 17.1. The molecule has 16 heteroatoms. The van der Waals surface area contributed by atoms with E-state index in [0.717, 1.165) is 18.4 Å². The molecular formula is C20H21ClFN5O8S. The molecule has 5 N–H and O–H groups in total. The summed E-state index contributed by atoms with van der Waals surface area (Å²) in [4.78, 5) is 47.2. The lowest BCUT2D eigenvalue weighted by Gasteiger charge is -2.26. The number of nitrogens with zero attached hydrogens (tertiary/aromatic N) is 4. The Hall–Kier alpha value is -3.24. The topological polar surface area (TPSA) is 200 Å². The van der Waals surface area contributed by atoms with Crippen LogP contribution in [0.2, 0.25) is 5.28 Å². The second-order valence-corrected chi connectivity index (χ2v) is 8.99. The van der Waals surface area contributed by atoms with Crippen molar-refractivity contribution in [2.24, 2.45) is 0 Å². The van der Waals surface area contributed by atoms with Gasteiger partial charge in [-0.15, -0.1) is 11.3 Å². The summed E-state index contributed by atoms with van der Waals surface area (Å²) in [5, 5.41) is 26.2. The fraction of sp³-hybridized carbons (Fsp3) is 0.400. The fourth-order valence-electron chi connectivity index (χ4n) is 3.60. The Morgan fingerprint density at radius 1 is 1.36 bits per heavy atom. The Morgan fingerprint density at radius 2 is 2.06 bits per heavy atom. The Kier molecular flexibility index (Phi) is 8.52. The van der Waals surface area contributed by atoms with E-state index in [0.29, 0.717) is 16.0 Å². The standard InChI is InChI=1S/C19H17ClFN5O7S.CH4O/c20-18-24-13(22)12-14(25-18)26(7-23-12)15-11(21)3-8(33-15)6-32-19(16(28)29,17(30)31)4-9-1-2-10(5-27)34-9;1-2/h1-2,5,7-8,11,15H,3-4,6H2,(H,28,29)(H,30,31)(H2,22,24,25);2H,1H3. The van der Waals surface area contributed by atoms with Gasteiger partial charge in [0.2, 0.25) is 5.28 Å². The van der Waals surface area contributed by atoms with Crippen LogP contribution in [0, 0.1) is 0 Å². The van der Waals surface area contributed by atoms with E-state index in [1.807, 2.05) is 0 Å². The van der Waals surface area contributed by atoms with Crippen molar-refractivity contribution in [2.45, 2.75) is 36.9 Å². The van der Waals surface area contributed by atoms with Crippen molar-refractivity contribution in [3.8, 4) is 0 Å². The first-order valence-electron chi connectivity index (χ1n) is 10.2. The number of fused-ring (bicyclic) bond motifs is 1. The number of imidazole rings is 1. The van der Waals surface area contributed by atoms with Crippen LogP contribution in [-0.4, -0.2) is 84.7 Å². The van der Waals surface area contributed by atoms with Gasteiger partial charge in [0, 0.05) is 24.8 Å². The average Bonchev–Trinajstić information content (AvgIpc) is 3.55. The minimum atomic E-state index is -2.66. The number of aldehydes is 1. The van der Waals surface area contributed by atoms with Crippen molar-refractivity contribution in [3.05, 3.63) is 33.5 Å². The Morgan fingerprint density at radius 3 is 2.67 bits per heavy atom. The molecule has 0 saturated carbocycles. The number of thiophene rings is 1. The number of hydrogen-bond acceptors (Lipinski definition) is 11. The van der Waals surface area contributed by atoms with E-state index in [4.69, 9.17) is 31.9 Å². The summed E-state index contributed by atoms with van der Waals surface area (Å²) in [5.41, 5.74) is 3.44. The number of aliphatic carboxylic acids is 2. The van der Waals surface area contributed by atoms with E-state index in [1.165, 1.54) is 23.0 Å². The normalized spacial score (nSPS) is 19.6. The predicted molar refractivity (Wildman–Crippen MR) is 124 cm³/mol. The molecule has 3 unspecified atom stereocenters. The Labute approximate surface area is 211 Å². The van der Waals surface area contributed by atoms with Crippen LogP contribution in [0.4, 0.5) is 10.2 Å². The quantitative estimate of drug-likeness (QED) is 0.171. The molecule has 3 aromatic heterocycles. The second kappa shape index (κ2) is 11.2. The highest BCUT2D eigenvalue weighted by Crippen LogP contribution is 2.35. The molecule has 0 aromatic carbocycles. The zero-order chi connectivity index (χ0) is 26.6. The summed E-state index contributed by atoms with van der Waals surface area (Å²) in [6, 6.07) is 2.89. The van der Waals surface area contributed by atoms with E-state index in [2.05, 4.69) is 15.0 Å². The second-order valence-electron chi connectivity index (χ2n) is 7.45. The number of nitrogen functional groups attached to an aromatic ring is 1. The zero-order valence-corrected chi connectivity index (χ0v) is 20.1. The van der Waals surface area contributed by atoms with Gasteiger partial charge in [-0.2, -0.15) is 9.97 Å². The number of ether oxygens (including phenoxy) is 2. The van der Waals surface area contributed by atoms with Crippen LogP contribution in [0.1, 0.15) is 27.2 Å². The number of anilines is 1. The first kappa shape index (κ1) is 27.3. The van der Waals surface area contributed by atoms with Crippen LogP contribution in [0.3, 0.4) is 0 Å². The number of nitrogens with two attached hydrogens (primary N) is 1. The van der Waals surface area contributed by atoms with Gasteiger partial charge in [-0.1, -0.05) is 0 Å². The summed E-state index contributed by atoms with van der Waals surface area (Å²) < 4.78 is 27.2. The van der Waals surface area contributed by atoms with Crippen molar-refractivity contribution in [1.82, 2.24) is 19.5 Å². The van der Waals surface area contributed by atoms with E-state index in [-0.39, 0.29) is 28.7 Å². The molecule has 0 aliphatic carbocycles. The molecule has 0 amide bonds. The maximum atomic E-state index is 14.9. The van der Waals surface area contributed by atoms with Gasteiger partial charge in [-0.25, -0.2) is 19.0 Å². The summed E-state index contributed by atoms with van der Waals surface area (Å²) >= 11 is 6.78. The van der Waals surface area contributed by atoms with Crippen LogP contribution in [0.15, 0.2) is 18.5 Å². The summed E-state index contributed by atoms with van der Waals surface area (Å²) in [6.07, 6.45) is -2.67. The lowest BCUT2D eigenvalue weighted by Crippen LogP contribution is -2.52. The predicted octanol–water partition coefficient (Wildman–Crippen LogP) is 1.34. The number of carboxylic acids is 2. The van der Waals surface area contributed by atoms with Crippen LogP contribution >= 0.6 is 22.9 Å². The third kappa shape index (κ3) is 5.29. The number of aromatic nitrogens is 4. The number of hydrogen-bond donors (Lipinski definition) is 4. The van der Waals surface area contributed by atoms with E-state index in [1.54, 1.807) is 0 Å². The van der Waals surface area contributed by atoms with Gasteiger partial charge >= 0.3 is 11.9 Å². The third-order valence-corrected chi connectivity index (χ3v) is 6.43. The summed E-state index contributed by atoms with van der Waals surface area (Å²) in [5.74, 6) is -3.48. The fourth-order valence-corrected chi connectivity index (χ4v) is 4.67. The highest BCUT2D eigenvalue weighted by molar-refractivity contribution is 7.13. The number of alkyl halides is 1. The number of aliphatic hydroxyl groups is 1. The van der Waals surface area contributed by atoms with E-state index in [9.17, 15) is 29.0 Å². The Bertz CT molecular complexity index is 1260. The van der Waals surface area contributed by atoms with Crippen LogP contribution in [-0.2, 0) is 25.5 Å². The SMILES string of the molecule is CO.Nc1nc(Cl)nc2c1ncn2C1OC(COC(Cc2ccc(C=O)s2)(C(=O)O)C(=O)O)CC1F. The van der Waals surface area contributed by atoms with Crippen LogP contribution < -0.4 is 5.73 Å². The number of rotatable bonds is 9. The van der Waals surface area contributed by atoms with Crippen LogP contribution in [0.5, 0.6) is 0 Å². The minimum absolute atomic E-state index is 0.000974. The maximum absolute atomic E-state index is 14.9. The molecule has 0 radical (unpaired) electrons. The number of carbonyl (C=O) groups is 3. The molecule has 3 aromatic rings. The third-order valence-electron chi connectivity index (χ3n) is 5.25. The van der Waals surface area contributed by atoms with E-state index < -0.39 is 49.1 Å². The monoisotopic (exact) mass is 545 g/mol. The van der Waals surface area contributed by atoms with Gasteiger partial charge in [-0.05, 0) is 23.7 Å². The van der Waals surface area contributed by atoms with Crippen molar-refractivity contribution in [2.75, 3.05) is 19.5 Å². The van der Waals surface area contributed by atoms with Gasteiger partial charge in [0.1, 0.15) is 11.7 Å². The molecule has 1 fully saturated rings. The van der Waals surface area contributed by atoms with Gasteiger partial charge < -0.3 is 30.5 Å². The molecule has 1 aliphatic rings. The largest absolute Gasteiger partial charge is 0.479 e. The lowest BCUT2D eigenvalue weighted by molar-refractivity contribution is -0.188. The molecule has 0 bridgehead atoms. The van der Waals surface area contributed by atoms with Crippen molar-refractivity contribution in [1.29, 1.82) is 0 Å². The van der Waals surface area contributed by atoms with Crippen LogP contribution in [0.25, 0.3) is 11.2 Å². The van der Waals surface area contributed by atoms with Crippen molar-refractivity contribution in [3.63, 3.8) is 0 Å². The van der Waals surface area contributed by atoms with Gasteiger partial charge in [0.05, 0.1) is 23.9 Å². The molecule has 4 rings (SSSR count). The van der Waals surface area contributed by atoms with Crippen molar-refractivity contribution >= 4 is 58.1 Å². The molecule has 194 valence electrons. The molecule has 13 nitrogen and oxygen atoms in total. The highest BCUT2D eigenvalue weighted by atomic mass is 35.5. The van der Waals surface area contributed by atoms with E-state index >= 15 is 0 Å². The highest BCUT2D eigenvalue weighted by Gasteiger charge is 2.50. The van der Waals surface area contributed by atoms with Gasteiger partial charge in [0.25, 0.3) is 5.60 Å². The summed E-state index contributed by atoms with van der Waals surface area (Å²) in [7, 11) is 1.00. The maximum Gasteiger partial charge on any atom is 0.348 e. The van der Waals surface area contributed by atoms with Gasteiger partial charge in [0.15, 0.2) is 24.0 Å².